The third-order valence-corrected chi connectivity index (χ3v) is 5.82. The highest BCUT2D eigenvalue weighted by Crippen LogP contribution is 2.41. The van der Waals surface area contributed by atoms with Gasteiger partial charge in [-0.05, 0) is 30.7 Å². The number of hydrogen-bond acceptors (Lipinski definition) is 5. The van der Waals surface area contributed by atoms with E-state index >= 15 is 0 Å². The van der Waals surface area contributed by atoms with Crippen molar-refractivity contribution in [3.05, 3.63) is 72.9 Å². The lowest BCUT2D eigenvalue weighted by atomic mass is 10.0. The molecule has 5 aromatic rings. The number of benzene rings is 2. The van der Waals surface area contributed by atoms with Gasteiger partial charge in [0.2, 0.25) is 0 Å². The highest BCUT2D eigenvalue weighted by molar-refractivity contribution is 6.13. The average Bonchev–Trinajstić information content (AvgIpc) is 3.53. The van der Waals surface area contributed by atoms with E-state index in [-0.39, 0.29) is 5.91 Å². The zero-order chi connectivity index (χ0) is 23.5. The second kappa shape index (κ2) is 9.27. The Hall–Kier alpha value is -4.33. The van der Waals surface area contributed by atoms with E-state index in [0.717, 1.165) is 40.3 Å². The Labute approximate surface area is 196 Å². The number of ether oxygens (including phenoxy) is 2. The first-order valence-electron chi connectivity index (χ1n) is 11.1. The summed E-state index contributed by atoms with van der Waals surface area (Å²) in [6.07, 6.45) is 6.20. The number of nitrogens with zero attached hydrogens (tertiary/aromatic N) is 3. The molecule has 0 aliphatic carbocycles. The number of carbonyl (C=O) groups excluding carboxylic acids is 1. The van der Waals surface area contributed by atoms with E-state index in [1.54, 1.807) is 26.7 Å². The third-order valence-electron chi connectivity index (χ3n) is 5.82. The first-order valence-corrected chi connectivity index (χ1v) is 11.1. The van der Waals surface area contributed by atoms with Gasteiger partial charge in [-0.3, -0.25) is 4.79 Å². The van der Waals surface area contributed by atoms with Crippen LogP contribution in [0.1, 0.15) is 16.9 Å². The van der Waals surface area contributed by atoms with Crippen molar-refractivity contribution < 1.29 is 14.3 Å². The van der Waals surface area contributed by atoms with Gasteiger partial charge in [0.25, 0.3) is 5.91 Å². The number of para-hydroxylation sites is 2. The third kappa shape index (κ3) is 3.94. The number of H-pyrrole nitrogens is 1. The normalized spacial score (nSPS) is 11.1. The summed E-state index contributed by atoms with van der Waals surface area (Å²) in [7, 11) is 3.20. The number of methoxy groups -OCH3 is 2. The van der Waals surface area contributed by atoms with Gasteiger partial charge in [-0.15, -0.1) is 0 Å². The van der Waals surface area contributed by atoms with Gasteiger partial charge in [0.1, 0.15) is 5.69 Å². The van der Waals surface area contributed by atoms with E-state index in [1.165, 1.54) is 0 Å². The Kier molecular flexibility index (Phi) is 5.86. The van der Waals surface area contributed by atoms with Crippen LogP contribution < -0.4 is 14.8 Å². The summed E-state index contributed by atoms with van der Waals surface area (Å²) < 4.78 is 13.1. The maximum absolute atomic E-state index is 13.1. The largest absolute Gasteiger partial charge is 0.493 e. The fraction of sp³-hybridized carbons (Fsp3) is 0.192. The summed E-state index contributed by atoms with van der Waals surface area (Å²) in [6, 6.07) is 15.5. The number of amides is 1. The zero-order valence-corrected chi connectivity index (χ0v) is 19.0. The van der Waals surface area contributed by atoms with Gasteiger partial charge in [-0.2, -0.15) is 0 Å². The van der Waals surface area contributed by atoms with Crippen molar-refractivity contribution in [1.82, 2.24) is 24.8 Å². The van der Waals surface area contributed by atoms with Crippen molar-refractivity contribution in [2.75, 3.05) is 20.8 Å². The molecule has 34 heavy (non-hydrogen) atoms. The molecule has 0 saturated heterocycles. The molecule has 172 valence electrons. The quantitative estimate of drug-likeness (QED) is 0.338. The fourth-order valence-electron chi connectivity index (χ4n) is 4.20. The number of rotatable bonds is 8. The minimum atomic E-state index is -0.221. The number of aromatic amines is 1. The lowest BCUT2D eigenvalue weighted by Gasteiger charge is -2.14. The van der Waals surface area contributed by atoms with E-state index in [9.17, 15) is 4.79 Å². The van der Waals surface area contributed by atoms with Crippen LogP contribution in [0.25, 0.3) is 33.1 Å². The van der Waals surface area contributed by atoms with Crippen molar-refractivity contribution in [2.45, 2.75) is 13.0 Å². The number of aryl methyl sites for hydroxylation is 1. The zero-order valence-electron chi connectivity index (χ0n) is 19.0. The SMILES string of the molecule is COc1cccc(-c2nc(C(=O)NCCCn3ccnc3)cc3c2[nH]c2ccccc23)c1OC. The molecule has 5 rings (SSSR count). The molecule has 8 nitrogen and oxygen atoms in total. The molecule has 0 spiro atoms. The summed E-state index contributed by atoms with van der Waals surface area (Å²) >= 11 is 0. The Morgan fingerprint density at radius 3 is 2.76 bits per heavy atom. The molecule has 0 aliphatic heterocycles. The topological polar surface area (TPSA) is 94.1 Å². The summed E-state index contributed by atoms with van der Waals surface area (Å²) in [5.74, 6) is 0.941. The molecule has 3 heterocycles. The predicted octanol–water partition coefficient (Wildman–Crippen LogP) is 4.42. The molecule has 1 amide bonds. The molecule has 0 radical (unpaired) electrons. The van der Waals surface area contributed by atoms with E-state index < -0.39 is 0 Å². The van der Waals surface area contributed by atoms with Crippen LogP contribution in [-0.2, 0) is 6.54 Å². The summed E-state index contributed by atoms with van der Waals surface area (Å²) in [4.78, 5) is 25.4. The lowest BCUT2D eigenvalue weighted by molar-refractivity contribution is 0.0948. The van der Waals surface area contributed by atoms with Crippen molar-refractivity contribution in [3.63, 3.8) is 0 Å². The average molecular weight is 456 g/mol. The monoisotopic (exact) mass is 455 g/mol. The molecule has 0 aliphatic rings. The summed E-state index contributed by atoms with van der Waals surface area (Å²) in [6.45, 7) is 1.31. The first kappa shape index (κ1) is 21.5. The highest BCUT2D eigenvalue weighted by Gasteiger charge is 2.20. The smallest absolute Gasteiger partial charge is 0.269 e. The predicted molar refractivity (Wildman–Crippen MR) is 131 cm³/mol. The molecule has 8 heteroatoms. The number of aromatic nitrogens is 4. The molecule has 0 atom stereocenters. The van der Waals surface area contributed by atoms with Crippen LogP contribution in [0.3, 0.4) is 0 Å². The lowest BCUT2D eigenvalue weighted by Crippen LogP contribution is -2.26. The number of hydrogen-bond donors (Lipinski definition) is 2. The number of carbonyl (C=O) groups is 1. The molecule has 3 aromatic heterocycles. The van der Waals surface area contributed by atoms with Crippen LogP contribution in [0.4, 0.5) is 0 Å². The second-order valence-electron chi connectivity index (χ2n) is 7.90. The van der Waals surface area contributed by atoms with Crippen LogP contribution in [0.2, 0.25) is 0 Å². The Bertz CT molecular complexity index is 1460. The van der Waals surface area contributed by atoms with Crippen molar-refractivity contribution in [2.24, 2.45) is 0 Å². The van der Waals surface area contributed by atoms with Crippen molar-refractivity contribution in [3.8, 4) is 22.8 Å². The summed E-state index contributed by atoms with van der Waals surface area (Å²) in [5, 5.41) is 4.95. The van der Waals surface area contributed by atoms with E-state index in [1.807, 2.05) is 59.3 Å². The maximum Gasteiger partial charge on any atom is 0.269 e. The Morgan fingerprint density at radius 2 is 1.97 bits per heavy atom. The minimum Gasteiger partial charge on any atom is -0.493 e. The first-order chi connectivity index (χ1) is 16.7. The second-order valence-corrected chi connectivity index (χ2v) is 7.90. The van der Waals surface area contributed by atoms with Gasteiger partial charge < -0.3 is 24.3 Å². The van der Waals surface area contributed by atoms with Gasteiger partial charge in [0.15, 0.2) is 11.5 Å². The van der Waals surface area contributed by atoms with Gasteiger partial charge >= 0.3 is 0 Å². The minimum absolute atomic E-state index is 0.221. The van der Waals surface area contributed by atoms with Gasteiger partial charge in [-0.25, -0.2) is 9.97 Å². The maximum atomic E-state index is 13.1. The van der Waals surface area contributed by atoms with E-state index in [0.29, 0.717) is 29.4 Å². The molecule has 0 unspecified atom stereocenters. The van der Waals surface area contributed by atoms with Crippen LogP contribution in [0, 0.1) is 0 Å². The molecule has 0 bridgehead atoms. The standard InChI is InChI=1S/C26H25N5O3/c1-33-22-10-5-8-18(25(22)34-2)23-24-19(17-7-3-4-9-20(17)29-24)15-21(30-23)26(32)28-11-6-13-31-14-12-27-16-31/h3-5,7-10,12,14-16,29H,6,11,13H2,1-2H3,(H,28,32). The van der Waals surface area contributed by atoms with E-state index in [4.69, 9.17) is 14.5 Å². The van der Waals surface area contributed by atoms with Crippen LogP contribution in [0.5, 0.6) is 11.5 Å². The van der Waals surface area contributed by atoms with Crippen LogP contribution >= 0.6 is 0 Å². The number of nitrogens with one attached hydrogen (secondary N) is 2. The highest BCUT2D eigenvalue weighted by atomic mass is 16.5. The van der Waals surface area contributed by atoms with Gasteiger partial charge in [0, 0.05) is 47.3 Å². The number of imidazole rings is 1. The Balaban J connectivity index is 1.56. The molecule has 2 N–H and O–H groups in total. The molecule has 0 saturated carbocycles. The van der Waals surface area contributed by atoms with E-state index in [2.05, 4.69) is 15.3 Å². The molecular formula is C26H25N5O3. The molecular weight excluding hydrogens is 430 g/mol. The Morgan fingerprint density at radius 1 is 1.09 bits per heavy atom. The number of pyridine rings is 1. The van der Waals surface area contributed by atoms with Crippen LogP contribution in [0.15, 0.2) is 67.3 Å². The summed E-state index contributed by atoms with van der Waals surface area (Å²) in [5.41, 5.74) is 3.53. The van der Waals surface area contributed by atoms with Crippen LogP contribution in [-0.4, -0.2) is 46.2 Å². The van der Waals surface area contributed by atoms with Gasteiger partial charge in [0.05, 0.1) is 31.8 Å². The molecule has 0 fully saturated rings. The van der Waals surface area contributed by atoms with Crippen molar-refractivity contribution in [1.29, 1.82) is 0 Å². The molecule has 2 aromatic carbocycles. The van der Waals surface area contributed by atoms with Gasteiger partial charge in [-0.1, -0.05) is 24.3 Å². The van der Waals surface area contributed by atoms with Crippen molar-refractivity contribution >= 4 is 27.7 Å². The fourth-order valence-corrected chi connectivity index (χ4v) is 4.20. The number of fused-ring (bicyclic) bond motifs is 3.